The van der Waals surface area contributed by atoms with E-state index in [2.05, 4.69) is 21.2 Å². The van der Waals surface area contributed by atoms with Crippen molar-refractivity contribution >= 4 is 39.3 Å². The Hall–Kier alpha value is -1.08. The Labute approximate surface area is 123 Å². The number of rotatable bonds is 3. The van der Waals surface area contributed by atoms with Gasteiger partial charge in [0.15, 0.2) is 0 Å². The van der Waals surface area contributed by atoms with Crippen LogP contribution in [0.3, 0.4) is 0 Å². The summed E-state index contributed by atoms with van der Waals surface area (Å²) in [6, 6.07) is 1.75. The highest BCUT2D eigenvalue weighted by atomic mass is 79.9. The van der Waals surface area contributed by atoms with Gasteiger partial charge in [0.05, 0.1) is 12.5 Å². The van der Waals surface area contributed by atoms with E-state index in [4.69, 9.17) is 5.11 Å². The number of amides is 2. The summed E-state index contributed by atoms with van der Waals surface area (Å²) in [5.74, 6) is -1.26. The number of halogens is 1. The lowest BCUT2D eigenvalue weighted by Crippen LogP contribution is -2.46. The molecule has 0 saturated carbocycles. The molecule has 1 aromatic rings. The lowest BCUT2D eigenvalue weighted by Gasteiger charge is -2.30. The first-order valence-corrected chi connectivity index (χ1v) is 7.72. The zero-order valence-electron chi connectivity index (χ0n) is 10.3. The first kappa shape index (κ1) is 14.3. The number of urea groups is 1. The number of piperidine rings is 1. The molecule has 1 saturated heterocycles. The molecule has 5 nitrogen and oxygen atoms in total. The van der Waals surface area contributed by atoms with Gasteiger partial charge in [0.2, 0.25) is 0 Å². The van der Waals surface area contributed by atoms with Crippen LogP contribution in [0.1, 0.15) is 17.7 Å². The predicted octanol–water partition coefficient (Wildman–Crippen LogP) is 2.52. The van der Waals surface area contributed by atoms with E-state index < -0.39 is 11.9 Å². The fraction of sp³-hybridized carbons (Fsp3) is 0.500. The van der Waals surface area contributed by atoms with Crippen LogP contribution in [0, 0.1) is 5.92 Å². The Morgan fingerprint density at radius 2 is 2.37 bits per heavy atom. The number of nitrogens with one attached hydrogen (secondary N) is 1. The van der Waals surface area contributed by atoms with Crippen LogP contribution in [0.2, 0.25) is 0 Å². The first-order chi connectivity index (χ1) is 9.08. The molecule has 7 heteroatoms. The number of hydrogen-bond acceptors (Lipinski definition) is 3. The van der Waals surface area contributed by atoms with E-state index in [1.807, 2.05) is 11.4 Å². The van der Waals surface area contributed by atoms with E-state index in [-0.39, 0.29) is 6.03 Å². The summed E-state index contributed by atoms with van der Waals surface area (Å²) in [5, 5.41) is 13.8. The van der Waals surface area contributed by atoms with Crippen molar-refractivity contribution in [1.82, 2.24) is 10.2 Å². The number of carboxylic acids is 1. The zero-order chi connectivity index (χ0) is 13.8. The van der Waals surface area contributed by atoms with Crippen molar-refractivity contribution < 1.29 is 14.7 Å². The van der Waals surface area contributed by atoms with Gasteiger partial charge in [0, 0.05) is 22.4 Å². The molecule has 1 aliphatic rings. The highest BCUT2D eigenvalue weighted by molar-refractivity contribution is 9.10. The van der Waals surface area contributed by atoms with E-state index >= 15 is 0 Å². The number of aliphatic carboxylic acids is 1. The molecule has 0 aliphatic carbocycles. The molecule has 1 atom stereocenters. The Morgan fingerprint density at radius 1 is 1.58 bits per heavy atom. The van der Waals surface area contributed by atoms with E-state index in [9.17, 15) is 9.59 Å². The van der Waals surface area contributed by atoms with Gasteiger partial charge in [-0.2, -0.15) is 0 Å². The van der Waals surface area contributed by atoms with Crippen LogP contribution in [-0.2, 0) is 11.3 Å². The molecular formula is C12H15BrN2O3S. The molecule has 2 amide bonds. The van der Waals surface area contributed by atoms with Gasteiger partial charge in [-0.1, -0.05) is 0 Å². The summed E-state index contributed by atoms with van der Waals surface area (Å²) in [7, 11) is 0. The number of likely N-dealkylation sites (tertiary alicyclic amines) is 1. The average molecular weight is 347 g/mol. The van der Waals surface area contributed by atoms with Crippen molar-refractivity contribution in [3.8, 4) is 0 Å². The third-order valence-corrected chi connectivity index (χ3v) is 5.08. The number of thiophene rings is 1. The summed E-state index contributed by atoms with van der Waals surface area (Å²) in [6.07, 6.45) is 1.39. The first-order valence-electron chi connectivity index (χ1n) is 6.05. The second-order valence-electron chi connectivity index (χ2n) is 4.47. The van der Waals surface area contributed by atoms with E-state index in [0.717, 1.165) is 15.8 Å². The zero-order valence-corrected chi connectivity index (χ0v) is 12.7. The highest BCUT2D eigenvalue weighted by Gasteiger charge is 2.27. The van der Waals surface area contributed by atoms with Crippen molar-refractivity contribution in [2.45, 2.75) is 19.4 Å². The number of carbonyl (C=O) groups is 2. The predicted molar refractivity (Wildman–Crippen MR) is 76.2 cm³/mol. The maximum absolute atomic E-state index is 12.0. The van der Waals surface area contributed by atoms with Gasteiger partial charge in [-0.25, -0.2) is 4.79 Å². The Balaban J connectivity index is 1.86. The fourth-order valence-electron chi connectivity index (χ4n) is 2.08. The summed E-state index contributed by atoms with van der Waals surface area (Å²) < 4.78 is 0.986. The van der Waals surface area contributed by atoms with E-state index in [0.29, 0.717) is 26.1 Å². The van der Waals surface area contributed by atoms with Crippen molar-refractivity contribution in [1.29, 1.82) is 0 Å². The van der Waals surface area contributed by atoms with Gasteiger partial charge in [-0.15, -0.1) is 11.3 Å². The number of hydrogen-bond donors (Lipinski definition) is 2. The monoisotopic (exact) mass is 346 g/mol. The number of carbonyl (C=O) groups excluding carboxylic acids is 1. The van der Waals surface area contributed by atoms with Gasteiger partial charge in [-0.05, 0) is 40.2 Å². The molecule has 1 unspecified atom stereocenters. The normalized spacial score (nSPS) is 19.2. The molecular weight excluding hydrogens is 332 g/mol. The molecule has 1 fully saturated rings. The largest absolute Gasteiger partial charge is 0.481 e. The molecule has 0 aromatic carbocycles. The summed E-state index contributed by atoms with van der Waals surface area (Å²) in [5.41, 5.74) is 0. The maximum atomic E-state index is 12.0. The van der Waals surface area contributed by atoms with Gasteiger partial charge >= 0.3 is 12.0 Å². The van der Waals surface area contributed by atoms with E-state index in [1.54, 1.807) is 16.2 Å². The van der Waals surface area contributed by atoms with Crippen LogP contribution >= 0.6 is 27.3 Å². The number of nitrogens with zero attached hydrogens (tertiary/aromatic N) is 1. The van der Waals surface area contributed by atoms with Gasteiger partial charge in [0.1, 0.15) is 0 Å². The SMILES string of the molecule is O=C(O)C1CCCN(C(=O)NCc2sccc2Br)C1. The van der Waals surface area contributed by atoms with Gasteiger partial charge in [0.25, 0.3) is 0 Å². The number of carboxylic acid groups (broad SMARTS) is 1. The molecule has 1 aromatic heterocycles. The summed E-state index contributed by atoms with van der Waals surface area (Å²) in [4.78, 5) is 25.6. The van der Waals surface area contributed by atoms with Gasteiger partial charge < -0.3 is 15.3 Å². The smallest absolute Gasteiger partial charge is 0.317 e. The summed E-state index contributed by atoms with van der Waals surface area (Å²) in [6.45, 7) is 1.39. The van der Waals surface area contributed by atoms with Crippen LogP contribution in [0.15, 0.2) is 15.9 Å². The topological polar surface area (TPSA) is 69.6 Å². The van der Waals surface area contributed by atoms with Crippen LogP contribution in [0.5, 0.6) is 0 Å². The van der Waals surface area contributed by atoms with Crippen molar-refractivity contribution in [3.05, 3.63) is 20.8 Å². The van der Waals surface area contributed by atoms with Crippen molar-refractivity contribution in [3.63, 3.8) is 0 Å². The minimum atomic E-state index is -0.821. The molecule has 2 heterocycles. The van der Waals surface area contributed by atoms with Crippen LogP contribution in [0.4, 0.5) is 4.79 Å². The maximum Gasteiger partial charge on any atom is 0.317 e. The van der Waals surface area contributed by atoms with Crippen LogP contribution < -0.4 is 5.32 Å². The van der Waals surface area contributed by atoms with Crippen molar-refractivity contribution in [2.24, 2.45) is 5.92 Å². The van der Waals surface area contributed by atoms with Crippen LogP contribution in [0.25, 0.3) is 0 Å². The molecule has 2 N–H and O–H groups in total. The molecule has 0 radical (unpaired) electrons. The Morgan fingerprint density at radius 3 is 3.00 bits per heavy atom. The molecule has 2 rings (SSSR count). The average Bonchev–Trinajstić information content (AvgIpc) is 2.81. The molecule has 1 aliphatic heterocycles. The molecule has 19 heavy (non-hydrogen) atoms. The van der Waals surface area contributed by atoms with Crippen LogP contribution in [-0.4, -0.2) is 35.1 Å². The minimum absolute atomic E-state index is 0.189. The highest BCUT2D eigenvalue weighted by Crippen LogP contribution is 2.22. The Bertz CT molecular complexity index is 477. The third kappa shape index (κ3) is 3.70. The lowest BCUT2D eigenvalue weighted by atomic mass is 9.99. The fourth-order valence-corrected chi connectivity index (χ4v) is 3.51. The molecule has 0 bridgehead atoms. The van der Waals surface area contributed by atoms with Crippen molar-refractivity contribution in [2.75, 3.05) is 13.1 Å². The Kier molecular flexibility index (Phi) is 4.81. The summed E-state index contributed by atoms with van der Waals surface area (Å²) >= 11 is 4.98. The standard InChI is InChI=1S/C12H15BrN2O3S/c13-9-3-5-19-10(9)6-14-12(18)15-4-1-2-8(7-15)11(16)17/h3,5,8H,1-2,4,6-7H2,(H,14,18)(H,16,17). The van der Waals surface area contributed by atoms with Gasteiger partial charge in [-0.3, -0.25) is 4.79 Å². The third-order valence-electron chi connectivity index (χ3n) is 3.15. The second kappa shape index (κ2) is 6.38. The molecule has 0 spiro atoms. The lowest BCUT2D eigenvalue weighted by molar-refractivity contribution is -0.143. The van der Waals surface area contributed by atoms with E-state index in [1.165, 1.54) is 0 Å². The molecule has 104 valence electrons. The second-order valence-corrected chi connectivity index (χ2v) is 6.33. The quantitative estimate of drug-likeness (QED) is 0.883. The minimum Gasteiger partial charge on any atom is -0.481 e.